The van der Waals surface area contributed by atoms with Gasteiger partial charge in [0, 0.05) is 37.3 Å². The van der Waals surface area contributed by atoms with E-state index in [1.165, 1.54) is 35.0 Å². The van der Waals surface area contributed by atoms with E-state index in [2.05, 4.69) is 4.72 Å². The maximum absolute atomic E-state index is 14.8. The Morgan fingerprint density at radius 2 is 1.10 bits per heavy atom. The smallest absolute Gasteiger partial charge is 0.276 e. The molecular formula is C32H27Cl5F2N6O4S. The van der Waals surface area contributed by atoms with Crippen LogP contribution in [0.5, 0.6) is 0 Å². The minimum atomic E-state index is -4.11. The third-order valence-corrected chi connectivity index (χ3v) is 11.7. The van der Waals surface area contributed by atoms with Crippen LogP contribution in [0.15, 0.2) is 63.0 Å². The normalized spacial score (nSPS) is 14.1. The third-order valence-electron chi connectivity index (χ3n) is 8.38. The number of aromatic nitrogens is 4. The van der Waals surface area contributed by atoms with Gasteiger partial charge in [-0.15, -0.1) is 0 Å². The van der Waals surface area contributed by atoms with E-state index in [9.17, 15) is 26.8 Å². The quantitative estimate of drug-likeness (QED) is 0.174. The largest absolute Gasteiger partial charge is 0.398 e. The van der Waals surface area contributed by atoms with Crippen LogP contribution in [0.2, 0.25) is 25.4 Å². The Bertz CT molecular complexity index is 2390. The maximum Gasteiger partial charge on any atom is 0.276 e. The van der Waals surface area contributed by atoms with Crippen molar-refractivity contribution in [3.8, 4) is 22.3 Å². The van der Waals surface area contributed by atoms with Crippen molar-refractivity contribution in [2.24, 2.45) is 0 Å². The van der Waals surface area contributed by atoms with Crippen LogP contribution in [0.4, 0.5) is 20.2 Å². The number of hydrogen-bond acceptors (Lipinski definition) is 5. The topological polar surface area (TPSA) is 126 Å². The molecule has 0 bridgehead atoms. The van der Waals surface area contributed by atoms with Crippen LogP contribution in [0.1, 0.15) is 25.7 Å². The van der Waals surface area contributed by atoms with Gasteiger partial charge in [-0.05, 0) is 62.1 Å². The number of nitrogens with one attached hydrogen (secondary N) is 1. The van der Waals surface area contributed by atoms with Gasteiger partial charge in [0.2, 0.25) is 0 Å². The molecule has 2 aromatic heterocycles. The molecule has 18 heteroatoms. The van der Waals surface area contributed by atoms with Gasteiger partial charge < -0.3 is 5.73 Å². The highest BCUT2D eigenvalue weighted by molar-refractivity contribution is 7.92. The summed E-state index contributed by atoms with van der Waals surface area (Å²) in [5, 5.41) is 0.305. The van der Waals surface area contributed by atoms with Gasteiger partial charge in [-0.25, -0.2) is 26.6 Å². The average molecular weight is 807 g/mol. The van der Waals surface area contributed by atoms with Crippen LogP contribution in [-0.2, 0) is 36.2 Å². The Hall–Kier alpha value is -3.46. The molecule has 264 valence electrons. The fourth-order valence-corrected chi connectivity index (χ4v) is 8.66. The molecule has 0 saturated carbocycles. The molecule has 0 fully saturated rings. The molecular weight excluding hydrogens is 780 g/mol. The van der Waals surface area contributed by atoms with E-state index in [1.807, 2.05) is 0 Å². The summed E-state index contributed by atoms with van der Waals surface area (Å²) in [6, 6.07) is 10.4. The molecule has 50 heavy (non-hydrogen) atoms. The number of nitrogen functional groups attached to an aromatic ring is 1. The van der Waals surface area contributed by atoms with Gasteiger partial charge in [0.05, 0.1) is 37.6 Å². The number of sulfonamides is 1. The van der Waals surface area contributed by atoms with Crippen molar-refractivity contribution in [1.29, 1.82) is 0 Å². The lowest BCUT2D eigenvalue weighted by atomic mass is 10.1. The van der Waals surface area contributed by atoms with Crippen LogP contribution in [-0.4, -0.2) is 27.1 Å². The van der Waals surface area contributed by atoms with E-state index in [4.69, 9.17) is 63.7 Å². The number of halogens is 7. The number of fused-ring (bicyclic) bond motifs is 2. The third kappa shape index (κ3) is 6.67. The van der Waals surface area contributed by atoms with Crippen LogP contribution < -0.4 is 21.6 Å². The lowest BCUT2D eigenvalue weighted by molar-refractivity contribution is 0.356. The zero-order chi connectivity index (χ0) is 36.1. The maximum atomic E-state index is 14.8. The first-order valence-electron chi connectivity index (χ1n) is 15.2. The summed E-state index contributed by atoms with van der Waals surface area (Å²) in [6.45, 7) is 2.25. The monoisotopic (exact) mass is 804 g/mol. The van der Waals surface area contributed by atoms with Crippen LogP contribution in [0.25, 0.3) is 22.3 Å². The average Bonchev–Trinajstić information content (AvgIpc) is 3.48. The highest BCUT2D eigenvalue weighted by Gasteiger charge is 2.27. The lowest BCUT2D eigenvalue weighted by Crippen LogP contribution is -2.27. The standard InChI is InChI=1S/C19H15Cl3FN3O3S.C13H12Cl2FN3O/c20-12-5-1-2-6-16(12)30(28,29)24-15-9-11(14(23)10-13(15)21)17-18(22)25-7-3-4-8-26(25)19(17)27;14-8-6-9(16)7(5-10(8)17)11-12(15)18-3-1-2-4-19(18)13(11)20/h1-2,5-6,9-10,24H,3-4,7-8H2;5-6H,1-4,17H2. The molecule has 7 rings (SSSR count). The summed E-state index contributed by atoms with van der Waals surface area (Å²) in [5.41, 5.74) is 5.14. The number of hydrogen-bond donors (Lipinski definition) is 2. The molecule has 0 unspecified atom stereocenters. The molecule has 3 N–H and O–H groups in total. The Labute approximate surface area is 309 Å². The van der Waals surface area contributed by atoms with Crippen LogP contribution >= 0.6 is 58.0 Å². The molecule has 10 nitrogen and oxygen atoms in total. The SMILES string of the molecule is Nc1cc(-c2c(Cl)n3n(c2=O)CCCC3)c(F)cc1Cl.O=c1c(-c2cc(NS(=O)(=O)c3ccccc3Cl)c(Cl)cc2F)c(Cl)n2n1CCCC2. The summed E-state index contributed by atoms with van der Waals surface area (Å²) < 4.78 is 63.0. The summed E-state index contributed by atoms with van der Waals surface area (Å²) >= 11 is 30.5. The fourth-order valence-electron chi connectivity index (χ4n) is 5.94. The van der Waals surface area contributed by atoms with Crippen molar-refractivity contribution in [1.82, 2.24) is 18.7 Å². The molecule has 0 amide bonds. The van der Waals surface area contributed by atoms with E-state index in [0.29, 0.717) is 26.2 Å². The van der Waals surface area contributed by atoms with E-state index < -0.39 is 27.2 Å². The van der Waals surface area contributed by atoms with Crippen molar-refractivity contribution in [2.45, 2.75) is 56.8 Å². The van der Waals surface area contributed by atoms with Crippen molar-refractivity contribution in [3.63, 3.8) is 0 Å². The Morgan fingerprint density at radius 3 is 1.60 bits per heavy atom. The number of benzene rings is 3. The Kier molecular flexibility index (Phi) is 10.4. The van der Waals surface area contributed by atoms with Crippen molar-refractivity contribution in [3.05, 3.63) is 106 Å². The number of anilines is 2. The summed E-state index contributed by atoms with van der Waals surface area (Å²) in [5.74, 6) is -1.39. The zero-order valence-corrected chi connectivity index (χ0v) is 30.4. The molecule has 0 saturated heterocycles. The van der Waals surface area contributed by atoms with Crippen LogP contribution in [0, 0.1) is 11.6 Å². The van der Waals surface area contributed by atoms with Gasteiger partial charge in [0.15, 0.2) is 0 Å². The molecule has 3 aromatic carbocycles. The van der Waals surface area contributed by atoms with Crippen molar-refractivity contribution < 1.29 is 17.2 Å². The lowest BCUT2D eigenvalue weighted by Gasteiger charge is -2.17. The second kappa shape index (κ2) is 14.3. The molecule has 0 spiro atoms. The highest BCUT2D eigenvalue weighted by Crippen LogP contribution is 2.37. The van der Waals surface area contributed by atoms with Crippen molar-refractivity contribution >= 4 is 79.4 Å². The number of nitrogens with two attached hydrogens (primary N) is 1. The van der Waals surface area contributed by atoms with Gasteiger partial charge in [0.25, 0.3) is 21.1 Å². The number of rotatable bonds is 5. The second-order valence-electron chi connectivity index (χ2n) is 11.6. The molecule has 4 heterocycles. The van der Waals surface area contributed by atoms with E-state index in [0.717, 1.165) is 37.8 Å². The second-order valence-corrected chi connectivity index (χ2v) is 15.1. The molecule has 0 radical (unpaired) electrons. The van der Waals surface area contributed by atoms with Gasteiger partial charge in [-0.1, -0.05) is 70.1 Å². The highest BCUT2D eigenvalue weighted by atomic mass is 35.5. The minimum absolute atomic E-state index is 0.0184. The van der Waals surface area contributed by atoms with Gasteiger partial charge in [-0.3, -0.25) is 23.7 Å². The van der Waals surface area contributed by atoms with Crippen LogP contribution in [0.3, 0.4) is 0 Å². The predicted molar refractivity (Wildman–Crippen MR) is 193 cm³/mol. The first-order valence-corrected chi connectivity index (χ1v) is 18.6. The van der Waals surface area contributed by atoms with E-state index >= 15 is 0 Å². The molecule has 0 atom stereocenters. The Morgan fingerprint density at radius 1 is 0.640 bits per heavy atom. The first kappa shape index (κ1) is 36.3. The Balaban J connectivity index is 0.000000187. The molecule has 2 aliphatic heterocycles. The fraction of sp³-hybridized carbons (Fsp3) is 0.250. The van der Waals surface area contributed by atoms with E-state index in [-0.39, 0.29) is 69.5 Å². The summed E-state index contributed by atoms with van der Waals surface area (Å²) in [4.78, 5) is 25.1. The van der Waals surface area contributed by atoms with Gasteiger partial charge in [0.1, 0.15) is 26.8 Å². The van der Waals surface area contributed by atoms with Gasteiger partial charge in [-0.2, -0.15) is 0 Å². The van der Waals surface area contributed by atoms with E-state index in [1.54, 1.807) is 20.1 Å². The van der Waals surface area contributed by atoms with Crippen molar-refractivity contribution in [2.75, 3.05) is 10.5 Å². The zero-order valence-electron chi connectivity index (χ0n) is 25.8. The summed E-state index contributed by atoms with van der Waals surface area (Å²) in [7, 11) is -4.11. The first-order chi connectivity index (χ1) is 23.7. The predicted octanol–water partition coefficient (Wildman–Crippen LogP) is 8.15. The minimum Gasteiger partial charge on any atom is -0.398 e. The number of nitrogens with zero attached hydrogens (tertiary/aromatic N) is 4. The molecule has 0 aliphatic carbocycles. The summed E-state index contributed by atoms with van der Waals surface area (Å²) in [6.07, 6.45) is 3.51. The molecule has 2 aliphatic rings. The molecule has 5 aromatic rings. The van der Waals surface area contributed by atoms with Gasteiger partial charge >= 0.3 is 0 Å².